The normalized spacial score (nSPS) is 23.5. The number of nitrogens with zero attached hydrogens (tertiary/aromatic N) is 1. The van der Waals surface area contributed by atoms with E-state index in [0.29, 0.717) is 6.04 Å². The van der Waals surface area contributed by atoms with Crippen LogP contribution in [-0.2, 0) is 0 Å². The van der Waals surface area contributed by atoms with E-state index in [0.717, 1.165) is 12.1 Å². The second kappa shape index (κ2) is 7.19. The molecule has 2 rings (SSSR count). The Morgan fingerprint density at radius 3 is 2.60 bits per heavy atom. The van der Waals surface area contributed by atoms with Gasteiger partial charge in [-0.25, -0.2) is 4.39 Å². The number of likely N-dealkylation sites (tertiary alicyclic amines) is 1. The molecule has 2 nitrogen and oxygen atoms in total. The van der Waals surface area contributed by atoms with Crippen molar-refractivity contribution in [2.45, 2.75) is 64.1 Å². The predicted octanol–water partition coefficient (Wildman–Crippen LogP) is 3.87. The van der Waals surface area contributed by atoms with E-state index in [1.54, 1.807) is 12.1 Å². The summed E-state index contributed by atoms with van der Waals surface area (Å²) < 4.78 is 13.1. The quantitative estimate of drug-likeness (QED) is 0.886. The Kier molecular flexibility index (Phi) is 5.55. The Balaban J connectivity index is 2.24. The van der Waals surface area contributed by atoms with Gasteiger partial charge in [0.15, 0.2) is 0 Å². The first-order valence-electron chi connectivity index (χ1n) is 7.90. The molecule has 0 radical (unpaired) electrons. The molecule has 1 aliphatic rings. The van der Waals surface area contributed by atoms with Gasteiger partial charge in [-0.3, -0.25) is 4.90 Å². The molecule has 0 aromatic heterocycles. The molecule has 1 aromatic rings. The van der Waals surface area contributed by atoms with Crippen LogP contribution in [0.15, 0.2) is 24.3 Å². The molecule has 0 bridgehead atoms. The lowest BCUT2D eigenvalue weighted by Gasteiger charge is -2.43. The summed E-state index contributed by atoms with van der Waals surface area (Å²) in [5.41, 5.74) is 7.40. The molecule has 1 aromatic carbocycles. The predicted molar refractivity (Wildman–Crippen MR) is 82.0 cm³/mol. The summed E-state index contributed by atoms with van der Waals surface area (Å²) in [5.74, 6) is -0.180. The minimum Gasteiger partial charge on any atom is -0.326 e. The lowest BCUT2D eigenvalue weighted by atomic mass is 9.91. The number of nitrogens with two attached hydrogens (primary N) is 1. The first-order valence-corrected chi connectivity index (χ1v) is 7.90. The number of hydrogen-bond donors (Lipinski definition) is 1. The molecular formula is C17H27FN2. The van der Waals surface area contributed by atoms with Crippen LogP contribution in [0.1, 0.15) is 57.6 Å². The number of benzene rings is 1. The molecule has 1 saturated heterocycles. The van der Waals surface area contributed by atoms with Crippen LogP contribution in [-0.4, -0.2) is 23.5 Å². The number of piperidine rings is 1. The zero-order chi connectivity index (χ0) is 14.5. The van der Waals surface area contributed by atoms with Gasteiger partial charge in [0.1, 0.15) is 5.82 Å². The van der Waals surface area contributed by atoms with Gasteiger partial charge in [0.2, 0.25) is 0 Å². The minimum atomic E-state index is -0.180. The molecule has 112 valence electrons. The molecule has 0 aliphatic carbocycles. The molecule has 3 unspecified atom stereocenters. The van der Waals surface area contributed by atoms with Crippen LogP contribution in [0.4, 0.5) is 4.39 Å². The van der Waals surface area contributed by atoms with Crippen LogP contribution in [0.2, 0.25) is 0 Å². The summed E-state index contributed by atoms with van der Waals surface area (Å²) in [6, 6.07) is 7.75. The molecule has 0 spiro atoms. The summed E-state index contributed by atoms with van der Waals surface area (Å²) in [7, 11) is 0. The van der Waals surface area contributed by atoms with Crippen LogP contribution in [0, 0.1) is 5.82 Å². The highest BCUT2D eigenvalue weighted by Gasteiger charge is 2.31. The van der Waals surface area contributed by atoms with Crippen molar-refractivity contribution in [3.63, 3.8) is 0 Å². The van der Waals surface area contributed by atoms with E-state index in [2.05, 4.69) is 18.7 Å². The Hall–Kier alpha value is -0.930. The highest BCUT2D eigenvalue weighted by Crippen LogP contribution is 2.32. The van der Waals surface area contributed by atoms with Gasteiger partial charge >= 0.3 is 0 Å². The van der Waals surface area contributed by atoms with Crippen LogP contribution < -0.4 is 5.73 Å². The zero-order valence-electron chi connectivity index (χ0n) is 12.7. The molecule has 2 N–H and O–H groups in total. The van der Waals surface area contributed by atoms with Gasteiger partial charge < -0.3 is 5.73 Å². The summed E-state index contributed by atoms with van der Waals surface area (Å²) in [4.78, 5) is 2.56. The standard InChI is InChI=1S/C17H27FN2/c1-3-6-16-7-4-5-12-20(16)17(13(2)19)14-8-10-15(18)11-9-14/h8-11,13,16-17H,3-7,12,19H2,1-2H3. The molecule has 1 heterocycles. The van der Waals surface area contributed by atoms with Crippen LogP contribution >= 0.6 is 0 Å². The van der Waals surface area contributed by atoms with E-state index in [1.807, 2.05) is 12.1 Å². The van der Waals surface area contributed by atoms with E-state index in [1.165, 1.54) is 32.1 Å². The Morgan fingerprint density at radius 1 is 1.30 bits per heavy atom. The zero-order valence-corrected chi connectivity index (χ0v) is 12.7. The summed E-state index contributed by atoms with van der Waals surface area (Å²) in [5, 5.41) is 0. The highest BCUT2D eigenvalue weighted by molar-refractivity contribution is 5.22. The van der Waals surface area contributed by atoms with E-state index in [9.17, 15) is 4.39 Å². The van der Waals surface area contributed by atoms with Gasteiger partial charge in [-0.05, 0) is 50.4 Å². The molecule has 20 heavy (non-hydrogen) atoms. The lowest BCUT2D eigenvalue weighted by molar-refractivity contribution is 0.0764. The maximum absolute atomic E-state index is 13.1. The molecule has 0 saturated carbocycles. The smallest absolute Gasteiger partial charge is 0.123 e. The lowest BCUT2D eigenvalue weighted by Crippen LogP contribution is -2.47. The maximum Gasteiger partial charge on any atom is 0.123 e. The maximum atomic E-state index is 13.1. The first kappa shape index (κ1) is 15.5. The molecule has 1 fully saturated rings. The van der Waals surface area contributed by atoms with E-state index in [-0.39, 0.29) is 17.9 Å². The third kappa shape index (κ3) is 3.58. The van der Waals surface area contributed by atoms with Crippen molar-refractivity contribution in [1.82, 2.24) is 4.90 Å². The monoisotopic (exact) mass is 278 g/mol. The Bertz CT molecular complexity index is 400. The fourth-order valence-electron chi connectivity index (χ4n) is 3.49. The van der Waals surface area contributed by atoms with Crippen molar-refractivity contribution < 1.29 is 4.39 Å². The van der Waals surface area contributed by atoms with Gasteiger partial charge in [-0.15, -0.1) is 0 Å². The fourth-order valence-corrected chi connectivity index (χ4v) is 3.49. The van der Waals surface area contributed by atoms with Gasteiger partial charge in [0, 0.05) is 18.1 Å². The Morgan fingerprint density at radius 2 is 2.00 bits per heavy atom. The average molecular weight is 278 g/mol. The molecule has 0 amide bonds. The van der Waals surface area contributed by atoms with E-state index in [4.69, 9.17) is 5.73 Å². The average Bonchev–Trinajstić information content (AvgIpc) is 2.43. The first-order chi connectivity index (χ1) is 9.63. The number of rotatable bonds is 5. The second-order valence-electron chi connectivity index (χ2n) is 6.03. The second-order valence-corrected chi connectivity index (χ2v) is 6.03. The fraction of sp³-hybridized carbons (Fsp3) is 0.647. The van der Waals surface area contributed by atoms with Crippen molar-refractivity contribution in [1.29, 1.82) is 0 Å². The topological polar surface area (TPSA) is 29.3 Å². The van der Waals surface area contributed by atoms with Crippen LogP contribution in [0.25, 0.3) is 0 Å². The summed E-state index contributed by atoms with van der Waals surface area (Å²) >= 11 is 0. The van der Waals surface area contributed by atoms with Crippen molar-refractivity contribution in [3.05, 3.63) is 35.6 Å². The SMILES string of the molecule is CCCC1CCCCN1C(c1ccc(F)cc1)C(C)N. The van der Waals surface area contributed by atoms with Gasteiger partial charge in [0.25, 0.3) is 0 Å². The third-order valence-corrected chi connectivity index (χ3v) is 4.36. The number of hydrogen-bond acceptors (Lipinski definition) is 2. The molecular weight excluding hydrogens is 251 g/mol. The Labute approximate surface area is 122 Å². The van der Waals surface area contributed by atoms with Crippen LogP contribution in [0.3, 0.4) is 0 Å². The van der Waals surface area contributed by atoms with Crippen LogP contribution in [0.5, 0.6) is 0 Å². The molecule has 3 atom stereocenters. The van der Waals surface area contributed by atoms with Crippen molar-refractivity contribution >= 4 is 0 Å². The molecule has 3 heteroatoms. The van der Waals surface area contributed by atoms with Crippen molar-refractivity contribution in [2.24, 2.45) is 5.73 Å². The van der Waals surface area contributed by atoms with Crippen molar-refractivity contribution in [2.75, 3.05) is 6.54 Å². The number of halogens is 1. The summed E-state index contributed by atoms with van der Waals surface area (Å²) in [6.45, 7) is 5.41. The third-order valence-electron chi connectivity index (χ3n) is 4.36. The molecule has 1 aliphatic heterocycles. The highest BCUT2D eigenvalue weighted by atomic mass is 19.1. The van der Waals surface area contributed by atoms with Crippen molar-refractivity contribution in [3.8, 4) is 0 Å². The largest absolute Gasteiger partial charge is 0.326 e. The van der Waals surface area contributed by atoms with Gasteiger partial charge in [-0.2, -0.15) is 0 Å². The minimum absolute atomic E-state index is 0.0536. The van der Waals surface area contributed by atoms with E-state index < -0.39 is 0 Å². The van der Waals surface area contributed by atoms with Gasteiger partial charge in [-0.1, -0.05) is 31.9 Å². The summed E-state index contributed by atoms with van der Waals surface area (Å²) in [6.07, 6.45) is 6.25. The van der Waals surface area contributed by atoms with Gasteiger partial charge in [0.05, 0.1) is 0 Å². The van der Waals surface area contributed by atoms with E-state index >= 15 is 0 Å².